The summed E-state index contributed by atoms with van der Waals surface area (Å²) in [5.74, 6) is 0. The second-order valence-corrected chi connectivity index (χ2v) is 6.03. The zero-order valence-corrected chi connectivity index (χ0v) is 7.51. The maximum absolute atomic E-state index is 2.32. The SMILES string of the molecule is CCC1=CC=C[SH]1SC. The van der Waals surface area contributed by atoms with Crippen molar-refractivity contribution in [2.45, 2.75) is 13.3 Å². The Kier molecular flexibility index (Phi) is 2.73. The zero-order valence-electron chi connectivity index (χ0n) is 5.79. The van der Waals surface area contributed by atoms with E-state index in [1.807, 2.05) is 10.8 Å². The minimum Gasteiger partial charge on any atom is -0.161 e. The van der Waals surface area contributed by atoms with Crippen LogP contribution in [0.3, 0.4) is 0 Å². The molecule has 0 aromatic heterocycles. The molecule has 9 heavy (non-hydrogen) atoms. The lowest BCUT2D eigenvalue weighted by Crippen LogP contribution is -1.70. The molecule has 1 unspecified atom stereocenters. The third-order valence-corrected chi connectivity index (χ3v) is 5.47. The maximum atomic E-state index is 2.32. The standard InChI is InChI=1S/C7H12S2/c1-3-7-5-4-6-9(7)8-2/h4-6,9H,3H2,1-2H3. The Bertz CT molecular complexity index is 147. The van der Waals surface area contributed by atoms with E-state index in [9.17, 15) is 0 Å². The molecule has 0 amide bonds. The lowest BCUT2D eigenvalue weighted by molar-refractivity contribution is 1.20. The highest BCUT2D eigenvalue weighted by Gasteiger charge is 2.05. The molecule has 1 rings (SSSR count). The Morgan fingerprint density at radius 1 is 1.67 bits per heavy atom. The average molecular weight is 160 g/mol. The normalized spacial score (nSPS) is 28.7. The van der Waals surface area contributed by atoms with Crippen LogP contribution in [0.1, 0.15) is 13.3 Å². The molecule has 0 aromatic rings. The van der Waals surface area contributed by atoms with Gasteiger partial charge in [-0.3, -0.25) is 0 Å². The number of rotatable bonds is 2. The first-order valence-corrected chi connectivity index (χ1v) is 6.33. The molecular weight excluding hydrogens is 148 g/mol. The van der Waals surface area contributed by atoms with Crippen molar-refractivity contribution in [1.29, 1.82) is 0 Å². The molecule has 1 aliphatic heterocycles. The predicted molar refractivity (Wildman–Crippen MR) is 50.0 cm³/mol. The summed E-state index contributed by atoms with van der Waals surface area (Å²) in [4.78, 5) is 1.62. The quantitative estimate of drug-likeness (QED) is 0.478. The van der Waals surface area contributed by atoms with Gasteiger partial charge < -0.3 is 0 Å². The molecule has 0 aromatic carbocycles. The first kappa shape index (κ1) is 7.29. The molecule has 52 valence electrons. The zero-order chi connectivity index (χ0) is 6.69. The summed E-state index contributed by atoms with van der Waals surface area (Å²) in [7, 11) is 2.07. The van der Waals surface area contributed by atoms with Crippen molar-refractivity contribution >= 4 is 20.7 Å². The predicted octanol–water partition coefficient (Wildman–Crippen LogP) is 3.09. The van der Waals surface area contributed by atoms with Crippen LogP contribution in [0.15, 0.2) is 22.5 Å². The van der Waals surface area contributed by atoms with Crippen molar-refractivity contribution in [3.05, 3.63) is 22.5 Å². The summed E-state index contributed by atoms with van der Waals surface area (Å²) in [6, 6.07) is 0. The number of thiol groups is 1. The van der Waals surface area contributed by atoms with Crippen molar-refractivity contribution in [1.82, 2.24) is 0 Å². The Balaban J connectivity index is 2.55. The molecule has 0 fully saturated rings. The van der Waals surface area contributed by atoms with Crippen LogP contribution in [0, 0.1) is 0 Å². The number of hydrogen-bond acceptors (Lipinski definition) is 1. The van der Waals surface area contributed by atoms with Crippen LogP contribution in [-0.4, -0.2) is 6.26 Å². The first-order chi connectivity index (χ1) is 4.38. The monoisotopic (exact) mass is 160 g/mol. The van der Waals surface area contributed by atoms with E-state index in [-0.39, 0.29) is 9.93 Å². The van der Waals surface area contributed by atoms with Gasteiger partial charge in [-0.2, -0.15) is 9.93 Å². The molecule has 0 nitrogen and oxygen atoms in total. The number of hydrogen-bond donors (Lipinski definition) is 1. The van der Waals surface area contributed by atoms with Gasteiger partial charge in [0.15, 0.2) is 0 Å². The van der Waals surface area contributed by atoms with E-state index in [0.29, 0.717) is 0 Å². The van der Waals surface area contributed by atoms with Gasteiger partial charge in [0.05, 0.1) is 0 Å². The third kappa shape index (κ3) is 1.55. The van der Waals surface area contributed by atoms with Crippen molar-refractivity contribution in [3.8, 4) is 0 Å². The molecule has 1 heterocycles. The van der Waals surface area contributed by atoms with Crippen LogP contribution < -0.4 is 0 Å². The maximum Gasteiger partial charge on any atom is -0.00904 e. The molecule has 1 aliphatic rings. The smallest absolute Gasteiger partial charge is 0.00904 e. The highest BCUT2D eigenvalue weighted by atomic mass is 33.1. The topological polar surface area (TPSA) is 0 Å². The van der Waals surface area contributed by atoms with E-state index in [4.69, 9.17) is 0 Å². The Hall–Kier alpha value is 0.180. The fraction of sp³-hybridized carbons (Fsp3) is 0.429. The van der Waals surface area contributed by atoms with Gasteiger partial charge in [-0.1, -0.05) is 19.1 Å². The fourth-order valence-electron chi connectivity index (χ4n) is 0.853. The molecule has 0 spiro atoms. The van der Waals surface area contributed by atoms with Gasteiger partial charge in [0.2, 0.25) is 0 Å². The van der Waals surface area contributed by atoms with Crippen LogP contribution in [-0.2, 0) is 0 Å². The van der Waals surface area contributed by atoms with E-state index < -0.39 is 0 Å². The molecule has 0 aliphatic carbocycles. The van der Waals surface area contributed by atoms with Crippen LogP contribution in [0.5, 0.6) is 0 Å². The molecular formula is C7H12S2. The minimum absolute atomic E-state index is 0.0908. The van der Waals surface area contributed by atoms with Crippen molar-refractivity contribution < 1.29 is 0 Å². The van der Waals surface area contributed by atoms with Gasteiger partial charge in [-0.15, -0.1) is 10.8 Å². The molecule has 0 radical (unpaired) electrons. The van der Waals surface area contributed by atoms with Gasteiger partial charge in [0.25, 0.3) is 0 Å². The summed E-state index contributed by atoms with van der Waals surface area (Å²) in [6.45, 7) is 2.23. The Labute approximate surface area is 63.2 Å². The van der Waals surface area contributed by atoms with E-state index >= 15 is 0 Å². The van der Waals surface area contributed by atoms with Crippen molar-refractivity contribution in [2.75, 3.05) is 6.26 Å². The Morgan fingerprint density at radius 2 is 2.44 bits per heavy atom. The summed E-state index contributed by atoms with van der Waals surface area (Å²) < 4.78 is 0. The summed E-state index contributed by atoms with van der Waals surface area (Å²) >= 11 is 0. The second-order valence-electron chi connectivity index (χ2n) is 1.86. The van der Waals surface area contributed by atoms with Crippen LogP contribution in [0.2, 0.25) is 0 Å². The second kappa shape index (κ2) is 3.37. The molecule has 0 saturated carbocycles. The average Bonchev–Trinajstić information content (AvgIpc) is 2.33. The van der Waals surface area contributed by atoms with Gasteiger partial charge in [0.1, 0.15) is 0 Å². The summed E-state index contributed by atoms with van der Waals surface area (Å²) in [5.41, 5.74) is 0. The van der Waals surface area contributed by atoms with Crippen molar-refractivity contribution in [3.63, 3.8) is 0 Å². The highest BCUT2D eigenvalue weighted by Crippen LogP contribution is 2.51. The molecule has 0 bridgehead atoms. The van der Waals surface area contributed by atoms with E-state index in [1.165, 1.54) is 6.42 Å². The van der Waals surface area contributed by atoms with Gasteiger partial charge in [-0.05, 0) is 23.0 Å². The van der Waals surface area contributed by atoms with E-state index in [2.05, 4.69) is 30.7 Å². The summed E-state index contributed by atoms with van der Waals surface area (Å²) in [6.07, 6.45) is 7.84. The summed E-state index contributed by atoms with van der Waals surface area (Å²) in [5, 5.41) is 2.32. The van der Waals surface area contributed by atoms with Crippen LogP contribution in [0.4, 0.5) is 0 Å². The molecule has 0 N–H and O–H groups in total. The largest absolute Gasteiger partial charge is 0.161 e. The molecule has 0 saturated heterocycles. The highest BCUT2D eigenvalue weighted by molar-refractivity contribution is 8.87. The van der Waals surface area contributed by atoms with Crippen molar-refractivity contribution in [2.24, 2.45) is 0 Å². The first-order valence-electron chi connectivity index (χ1n) is 3.09. The third-order valence-electron chi connectivity index (χ3n) is 1.35. The van der Waals surface area contributed by atoms with Gasteiger partial charge in [-0.25, -0.2) is 0 Å². The van der Waals surface area contributed by atoms with E-state index in [0.717, 1.165) is 0 Å². The van der Waals surface area contributed by atoms with E-state index in [1.54, 1.807) is 4.91 Å². The lowest BCUT2D eigenvalue weighted by Gasteiger charge is -2.11. The minimum atomic E-state index is 0.0908. The molecule has 1 atom stereocenters. The van der Waals surface area contributed by atoms with Crippen LogP contribution >= 0.6 is 20.7 Å². The Morgan fingerprint density at radius 3 is 2.89 bits per heavy atom. The van der Waals surface area contributed by atoms with Gasteiger partial charge in [0, 0.05) is 0 Å². The van der Waals surface area contributed by atoms with Gasteiger partial charge >= 0.3 is 0 Å². The van der Waals surface area contributed by atoms with Crippen LogP contribution in [0.25, 0.3) is 0 Å². The lowest BCUT2D eigenvalue weighted by atomic mass is 10.4. The molecule has 2 heteroatoms. The number of allylic oxidation sites excluding steroid dienone is 3. The fourth-order valence-corrected chi connectivity index (χ4v) is 4.04.